The van der Waals surface area contributed by atoms with Crippen LogP contribution >= 0.6 is 0 Å². The third kappa shape index (κ3) is 3.70. The maximum Gasteiger partial charge on any atom is 0.184 e. The molecule has 0 N–H and O–H groups in total. The molecule has 2 unspecified atom stereocenters. The normalized spacial score (nSPS) is 30.5. The van der Waals surface area contributed by atoms with Crippen LogP contribution in [0, 0.1) is 0 Å². The molecule has 2 atom stereocenters. The summed E-state index contributed by atoms with van der Waals surface area (Å²) in [6, 6.07) is 0. The van der Waals surface area contributed by atoms with Crippen molar-refractivity contribution in [1.82, 2.24) is 0 Å². The summed E-state index contributed by atoms with van der Waals surface area (Å²) in [5.41, 5.74) is 0. The van der Waals surface area contributed by atoms with Gasteiger partial charge in [0.05, 0.1) is 27.7 Å². The molecule has 1 aliphatic rings. The zero-order valence-corrected chi connectivity index (χ0v) is 7.83. The molecule has 0 spiro atoms. The van der Waals surface area contributed by atoms with E-state index in [9.17, 15) is 0 Å². The Morgan fingerprint density at radius 1 is 1.36 bits per heavy atom. The molecule has 1 heterocycles. The van der Waals surface area contributed by atoms with Crippen LogP contribution in [0.15, 0.2) is 0 Å². The first-order valence-corrected chi connectivity index (χ1v) is 4.06. The SMILES string of the molecule is CC1OC1OCC[N+](C)(C)C. The molecule has 1 aliphatic heterocycles. The highest BCUT2D eigenvalue weighted by Gasteiger charge is 2.35. The first-order valence-electron chi connectivity index (χ1n) is 4.06. The topological polar surface area (TPSA) is 21.8 Å². The molecule has 0 aliphatic carbocycles. The highest BCUT2D eigenvalue weighted by Crippen LogP contribution is 2.21. The predicted molar refractivity (Wildman–Crippen MR) is 43.2 cm³/mol. The van der Waals surface area contributed by atoms with E-state index in [0.29, 0.717) is 6.10 Å². The Labute approximate surface area is 68.5 Å². The Morgan fingerprint density at radius 3 is 2.27 bits per heavy atom. The molecule has 0 aromatic carbocycles. The van der Waals surface area contributed by atoms with Gasteiger partial charge in [0, 0.05) is 0 Å². The van der Waals surface area contributed by atoms with Crippen molar-refractivity contribution in [2.24, 2.45) is 0 Å². The lowest BCUT2D eigenvalue weighted by Gasteiger charge is -2.23. The monoisotopic (exact) mass is 160 g/mol. The number of epoxide rings is 1. The molecule has 66 valence electrons. The molecular weight excluding hydrogens is 142 g/mol. The maximum absolute atomic E-state index is 5.40. The Morgan fingerprint density at radius 2 is 1.91 bits per heavy atom. The van der Waals surface area contributed by atoms with Crippen LogP contribution in [-0.2, 0) is 9.47 Å². The fourth-order valence-electron chi connectivity index (χ4n) is 0.784. The van der Waals surface area contributed by atoms with Gasteiger partial charge in [0.2, 0.25) is 0 Å². The summed E-state index contributed by atoms with van der Waals surface area (Å²) in [5, 5.41) is 0. The molecular formula is C8H18NO2+. The summed E-state index contributed by atoms with van der Waals surface area (Å²) >= 11 is 0. The van der Waals surface area contributed by atoms with Crippen molar-refractivity contribution in [2.45, 2.75) is 19.3 Å². The molecule has 0 bridgehead atoms. The average Bonchev–Trinajstić information content (AvgIpc) is 2.43. The lowest BCUT2D eigenvalue weighted by molar-refractivity contribution is -0.870. The highest BCUT2D eigenvalue weighted by molar-refractivity contribution is 4.69. The van der Waals surface area contributed by atoms with Crippen LogP contribution in [0.4, 0.5) is 0 Å². The van der Waals surface area contributed by atoms with Crippen molar-refractivity contribution in [3.05, 3.63) is 0 Å². The van der Waals surface area contributed by atoms with E-state index in [0.717, 1.165) is 17.6 Å². The smallest absolute Gasteiger partial charge is 0.184 e. The summed E-state index contributed by atoms with van der Waals surface area (Å²) in [4.78, 5) is 0. The number of rotatable bonds is 4. The number of hydrogen-bond donors (Lipinski definition) is 0. The molecule has 0 amide bonds. The van der Waals surface area contributed by atoms with Gasteiger partial charge < -0.3 is 14.0 Å². The third-order valence-corrected chi connectivity index (χ3v) is 1.70. The van der Waals surface area contributed by atoms with Crippen LogP contribution < -0.4 is 0 Å². The molecule has 3 nitrogen and oxygen atoms in total. The van der Waals surface area contributed by atoms with Gasteiger partial charge >= 0.3 is 0 Å². The highest BCUT2D eigenvalue weighted by atomic mass is 16.8. The van der Waals surface area contributed by atoms with Crippen LogP contribution in [0.25, 0.3) is 0 Å². The van der Waals surface area contributed by atoms with E-state index in [-0.39, 0.29) is 6.29 Å². The van der Waals surface area contributed by atoms with E-state index in [4.69, 9.17) is 9.47 Å². The van der Waals surface area contributed by atoms with Crippen LogP contribution in [0.1, 0.15) is 6.92 Å². The molecule has 1 saturated heterocycles. The average molecular weight is 160 g/mol. The maximum atomic E-state index is 5.40. The van der Waals surface area contributed by atoms with Gasteiger partial charge in [0.1, 0.15) is 12.6 Å². The Balaban J connectivity index is 1.97. The van der Waals surface area contributed by atoms with E-state index in [2.05, 4.69) is 21.1 Å². The number of ether oxygens (including phenoxy) is 2. The van der Waals surface area contributed by atoms with Crippen molar-refractivity contribution in [3.8, 4) is 0 Å². The summed E-state index contributed by atoms with van der Waals surface area (Å²) in [6.45, 7) is 3.85. The molecule has 1 rings (SSSR count). The number of nitrogens with zero attached hydrogens (tertiary/aromatic N) is 1. The standard InChI is InChI=1S/C8H18NO2/c1-7-8(11-7)10-6-5-9(2,3)4/h7-8H,5-6H2,1-4H3/q+1. The van der Waals surface area contributed by atoms with E-state index in [1.165, 1.54) is 0 Å². The fourth-order valence-corrected chi connectivity index (χ4v) is 0.784. The van der Waals surface area contributed by atoms with Gasteiger partial charge in [0.25, 0.3) is 0 Å². The Kier molecular flexibility index (Phi) is 2.52. The summed E-state index contributed by atoms with van der Waals surface area (Å²) in [7, 11) is 6.46. The molecule has 0 aromatic heterocycles. The lowest BCUT2D eigenvalue weighted by Crippen LogP contribution is -2.37. The van der Waals surface area contributed by atoms with E-state index in [1.54, 1.807) is 0 Å². The van der Waals surface area contributed by atoms with Crippen molar-refractivity contribution in [3.63, 3.8) is 0 Å². The van der Waals surface area contributed by atoms with Crippen LogP contribution in [0.5, 0.6) is 0 Å². The molecule has 0 radical (unpaired) electrons. The lowest BCUT2D eigenvalue weighted by atomic mass is 10.5. The van der Waals surface area contributed by atoms with Crippen molar-refractivity contribution >= 4 is 0 Å². The Bertz CT molecular complexity index is 131. The van der Waals surface area contributed by atoms with Gasteiger partial charge in [-0.1, -0.05) is 0 Å². The molecule has 0 saturated carbocycles. The van der Waals surface area contributed by atoms with Gasteiger partial charge in [-0.3, -0.25) is 0 Å². The molecule has 0 aromatic rings. The quantitative estimate of drug-likeness (QED) is 0.440. The van der Waals surface area contributed by atoms with Crippen LogP contribution in [0.2, 0.25) is 0 Å². The number of likely N-dealkylation sites (N-methyl/N-ethyl adjacent to an activating group) is 1. The van der Waals surface area contributed by atoms with Gasteiger partial charge in [0.15, 0.2) is 6.29 Å². The van der Waals surface area contributed by atoms with Crippen LogP contribution in [-0.4, -0.2) is 51.2 Å². The largest absolute Gasteiger partial charge is 0.344 e. The van der Waals surface area contributed by atoms with Crippen molar-refractivity contribution in [2.75, 3.05) is 34.3 Å². The van der Waals surface area contributed by atoms with Crippen LogP contribution in [0.3, 0.4) is 0 Å². The number of quaternary nitrogens is 1. The Hall–Kier alpha value is -0.120. The predicted octanol–water partition coefficient (Wildman–Crippen LogP) is 0.454. The molecule has 1 fully saturated rings. The van der Waals surface area contributed by atoms with E-state index < -0.39 is 0 Å². The second-order valence-corrected chi connectivity index (χ2v) is 4.09. The summed E-state index contributed by atoms with van der Waals surface area (Å²) < 4.78 is 11.5. The first-order chi connectivity index (χ1) is 4.99. The van der Waals surface area contributed by atoms with Gasteiger partial charge in [-0.2, -0.15) is 0 Å². The minimum absolute atomic E-state index is 0.0848. The van der Waals surface area contributed by atoms with Gasteiger partial charge in [-0.25, -0.2) is 0 Å². The zero-order chi connectivity index (χ0) is 8.48. The van der Waals surface area contributed by atoms with E-state index in [1.807, 2.05) is 6.92 Å². The van der Waals surface area contributed by atoms with E-state index >= 15 is 0 Å². The summed E-state index contributed by atoms with van der Waals surface area (Å²) in [6.07, 6.45) is 0.406. The number of hydrogen-bond acceptors (Lipinski definition) is 2. The van der Waals surface area contributed by atoms with Gasteiger partial charge in [-0.15, -0.1) is 0 Å². The van der Waals surface area contributed by atoms with Crippen molar-refractivity contribution in [1.29, 1.82) is 0 Å². The minimum Gasteiger partial charge on any atom is -0.344 e. The third-order valence-electron chi connectivity index (χ3n) is 1.70. The minimum atomic E-state index is 0.0848. The second kappa shape index (κ2) is 3.09. The zero-order valence-electron chi connectivity index (χ0n) is 7.83. The second-order valence-electron chi connectivity index (χ2n) is 4.09. The molecule has 3 heteroatoms. The first kappa shape index (κ1) is 8.97. The molecule has 11 heavy (non-hydrogen) atoms. The van der Waals surface area contributed by atoms with Gasteiger partial charge in [-0.05, 0) is 6.92 Å². The summed E-state index contributed by atoms with van der Waals surface area (Å²) in [5.74, 6) is 0. The van der Waals surface area contributed by atoms with Crippen molar-refractivity contribution < 1.29 is 14.0 Å². The fraction of sp³-hybridized carbons (Fsp3) is 1.00.